The molecule has 3 saturated heterocycles. The Bertz CT molecular complexity index is 2020. The van der Waals surface area contributed by atoms with E-state index in [1.54, 1.807) is 4.90 Å². The van der Waals surface area contributed by atoms with Crippen LogP contribution in [0.1, 0.15) is 134 Å². The fourth-order valence-electron chi connectivity index (χ4n) is 9.47. The smallest absolute Gasteiger partial charge is 0.407 e. The molecule has 6 rings (SSSR count). The Hall–Kier alpha value is -4.99. The van der Waals surface area contributed by atoms with Gasteiger partial charge in [-0.15, -0.1) is 0 Å². The minimum absolute atomic E-state index is 0.000554. The number of ether oxygens (including phenoxy) is 1. The molecule has 0 aliphatic carbocycles. The first-order chi connectivity index (χ1) is 29.0. The number of carbonyl (C=O) groups is 5. The Labute approximate surface area is 363 Å². The van der Waals surface area contributed by atoms with Crippen LogP contribution in [-0.2, 0) is 42.2 Å². The number of methoxy groups -OCH3 is 1. The average molecular weight is 833 g/mol. The number of hydrogen-bond acceptors (Lipinski definition) is 7. The second-order valence-electron chi connectivity index (χ2n) is 19.4. The summed E-state index contributed by atoms with van der Waals surface area (Å²) in [5.41, 5.74) is 6.69. The van der Waals surface area contributed by atoms with Crippen LogP contribution < -0.4 is 10.2 Å². The van der Waals surface area contributed by atoms with Crippen LogP contribution in [0, 0.1) is 17.8 Å². The van der Waals surface area contributed by atoms with Crippen molar-refractivity contribution in [3.05, 3.63) is 101 Å². The third-order valence-electron chi connectivity index (χ3n) is 13.5. The van der Waals surface area contributed by atoms with Gasteiger partial charge in [-0.25, -0.2) is 4.79 Å². The molecule has 3 aromatic carbocycles. The van der Waals surface area contributed by atoms with Crippen LogP contribution in [-0.4, -0.2) is 77.6 Å². The highest BCUT2D eigenvalue weighted by molar-refractivity contribution is 5.94. The van der Waals surface area contributed by atoms with Crippen LogP contribution in [0.2, 0.25) is 0 Å². The maximum Gasteiger partial charge on any atom is 0.407 e. The monoisotopic (exact) mass is 833 g/mol. The normalized spacial score (nSPS) is 21.5. The zero-order valence-corrected chi connectivity index (χ0v) is 37.9. The van der Waals surface area contributed by atoms with E-state index in [0.29, 0.717) is 25.9 Å². The van der Waals surface area contributed by atoms with Crippen molar-refractivity contribution in [2.75, 3.05) is 25.1 Å². The van der Waals surface area contributed by atoms with Gasteiger partial charge in [0.15, 0.2) is 11.6 Å². The molecule has 3 aromatic rings. The fraction of sp³-hybridized carbons (Fsp3) is 0.549. The molecule has 10 heteroatoms. The van der Waals surface area contributed by atoms with Gasteiger partial charge in [-0.3, -0.25) is 19.2 Å². The molecule has 2 unspecified atom stereocenters. The molecule has 0 spiro atoms. The second kappa shape index (κ2) is 19.4. The number of alkyl carbamates (subject to hydrolysis) is 1. The zero-order chi connectivity index (χ0) is 44.2. The first kappa shape index (κ1) is 45.5. The molecule has 328 valence electrons. The lowest BCUT2D eigenvalue weighted by atomic mass is 9.87. The summed E-state index contributed by atoms with van der Waals surface area (Å²) in [5.74, 6) is -0.0826. The first-order valence-corrected chi connectivity index (χ1v) is 22.6. The number of hydrogen-bond donors (Lipinski definition) is 1. The SMILES string of the molecule is COC(=O)N[C@H](C(=O)N1CCC[C@H]1C(=O)Cc1ccc(C2CCC(c3ccc(CC(=O)[C@@H]4CCCN4C(=O)[C@@H](C)C(C)C)cc3)N2c2ccc(C(C)(C)C)cc2)cc1)C(C)C. The Morgan fingerprint density at radius 1 is 0.639 bits per heavy atom. The van der Waals surface area contributed by atoms with E-state index in [1.165, 1.54) is 23.8 Å². The summed E-state index contributed by atoms with van der Waals surface area (Å²) < 4.78 is 4.76. The minimum Gasteiger partial charge on any atom is -0.453 e. The Balaban J connectivity index is 1.18. The molecule has 3 amide bonds. The first-order valence-electron chi connectivity index (χ1n) is 22.6. The lowest BCUT2D eigenvalue weighted by molar-refractivity contribution is -0.141. The number of amides is 3. The number of carbonyl (C=O) groups excluding carboxylic acids is 5. The molecule has 3 heterocycles. The van der Waals surface area contributed by atoms with Gasteiger partial charge in [0, 0.05) is 37.5 Å². The van der Waals surface area contributed by atoms with Crippen molar-refractivity contribution in [2.45, 2.75) is 142 Å². The largest absolute Gasteiger partial charge is 0.453 e. The Morgan fingerprint density at radius 2 is 1.10 bits per heavy atom. The molecular formula is C51H68N4O6. The number of rotatable bonds is 14. The number of benzene rings is 3. The van der Waals surface area contributed by atoms with Crippen molar-refractivity contribution in [1.29, 1.82) is 0 Å². The van der Waals surface area contributed by atoms with E-state index in [9.17, 15) is 24.0 Å². The zero-order valence-electron chi connectivity index (χ0n) is 37.9. The average Bonchev–Trinajstić information content (AvgIpc) is 4.03. The van der Waals surface area contributed by atoms with E-state index in [1.807, 2.05) is 37.8 Å². The summed E-state index contributed by atoms with van der Waals surface area (Å²) in [6, 6.07) is 24.4. The number of anilines is 1. The van der Waals surface area contributed by atoms with E-state index in [0.717, 1.165) is 48.9 Å². The summed E-state index contributed by atoms with van der Waals surface area (Å²) in [7, 11) is 1.27. The summed E-state index contributed by atoms with van der Waals surface area (Å²) in [5, 5.41) is 2.66. The van der Waals surface area contributed by atoms with Gasteiger partial charge < -0.3 is 24.8 Å². The van der Waals surface area contributed by atoms with E-state index >= 15 is 0 Å². The minimum atomic E-state index is -0.769. The van der Waals surface area contributed by atoms with Gasteiger partial charge in [0.2, 0.25) is 11.8 Å². The van der Waals surface area contributed by atoms with E-state index in [-0.39, 0.29) is 71.1 Å². The third kappa shape index (κ3) is 10.4. The molecule has 3 aliphatic rings. The van der Waals surface area contributed by atoms with Gasteiger partial charge in [0.05, 0.1) is 31.3 Å². The maximum absolute atomic E-state index is 13.8. The summed E-state index contributed by atoms with van der Waals surface area (Å²) >= 11 is 0. The number of nitrogens with one attached hydrogen (secondary N) is 1. The summed E-state index contributed by atoms with van der Waals surface area (Å²) in [6.45, 7) is 17.6. The van der Waals surface area contributed by atoms with Crippen LogP contribution in [0.25, 0.3) is 0 Å². The van der Waals surface area contributed by atoms with Crippen molar-refractivity contribution in [3.63, 3.8) is 0 Å². The van der Waals surface area contributed by atoms with Crippen LogP contribution in [0.5, 0.6) is 0 Å². The highest BCUT2D eigenvalue weighted by atomic mass is 16.5. The van der Waals surface area contributed by atoms with Crippen molar-refractivity contribution >= 4 is 35.2 Å². The van der Waals surface area contributed by atoms with E-state index < -0.39 is 18.2 Å². The molecule has 0 radical (unpaired) electrons. The Morgan fingerprint density at radius 3 is 1.51 bits per heavy atom. The van der Waals surface area contributed by atoms with Crippen LogP contribution in [0.3, 0.4) is 0 Å². The number of nitrogens with zero attached hydrogens (tertiary/aromatic N) is 3. The molecule has 3 fully saturated rings. The summed E-state index contributed by atoms with van der Waals surface area (Å²) in [6.07, 6.45) is 4.69. The van der Waals surface area contributed by atoms with Crippen molar-refractivity contribution < 1.29 is 28.7 Å². The van der Waals surface area contributed by atoms with Crippen molar-refractivity contribution in [2.24, 2.45) is 17.8 Å². The second-order valence-corrected chi connectivity index (χ2v) is 19.4. The highest BCUT2D eigenvalue weighted by Gasteiger charge is 2.40. The Kier molecular flexibility index (Phi) is 14.5. The van der Waals surface area contributed by atoms with E-state index in [2.05, 4.69) is 105 Å². The van der Waals surface area contributed by atoms with Gasteiger partial charge in [-0.05, 0) is 95.7 Å². The maximum atomic E-state index is 13.8. The molecule has 6 atom stereocenters. The van der Waals surface area contributed by atoms with Gasteiger partial charge in [-0.1, -0.05) is 116 Å². The standard InChI is InChI=1S/C51H68N4O6/c1-32(2)34(5)48(58)53-28-10-12-43(53)45(56)30-35-14-18-37(19-15-35)41-26-27-42(55(41)40-24-22-39(23-25-40)51(6,7)8)38-20-16-36(17-21-38)31-46(57)44-13-11-29-54(44)49(59)47(33(3)4)52-50(60)61-9/h14-25,32-34,41-44,47H,10-13,26-31H2,1-9H3,(H,52,60)/t34-,41?,42?,43-,44-,47-/m0/s1. The molecule has 10 nitrogen and oxygen atoms in total. The van der Waals surface area contributed by atoms with Crippen LogP contribution in [0.4, 0.5) is 10.5 Å². The van der Waals surface area contributed by atoms with Crippen LogP contribution in [0.15, 0.2) is 72.8 Å². The van der Waals surface area contributed by atoms with Crippen LogP contribution >= 0.6 is 0 Å². The number of ketones is 2. The fourth-order valence-corrected chi connectivity index (χ4v) is 9.47. The number of likely N-dealkylation sites (tertiary alicyclic amines) is 2. The molecular weight excluding hydrogens is 765 g/mol. The molecule has 3 aliphatic heterocycles. The quantitative estimate of drug-likeness (QED) is 0.173. The predicted octanol–water partition coefficient (Wildman–Crippen LogP) is 8.94. The van der Waals surface area contributed by atoms with E-state index in [4.69, 9.17) is 4.74 Å². The van der Waals surface area contributed by atoms with Gasteiger partial charge >= 0.3 is 6.09 Å². The molecule has 61 heavy (non-hydrogen) atoms. The van der Waals surface area contributed by atoms with Gasteiger partial charge in [-0.2, -0.15) is 0 Å². The highest BCUT2D eigenvalue weighted by Crippen LogP contribution is 2.47. The lowest BCUT2D eigenvalue weighted by Crippen LogP contribution is -2.53. The van der Waals surface area contributed by atoms with Crippen molar-refractivity contribution in [1.82, 2.24) is 15.1 Å². The lowest BCUT2D eigenvalue weighted by Gasteiger charge is -2.34. The predicted molar refractivity (Wildman–Crippen MR) is 240 cm³/mol. The molecule has 0 saturated carbocycles. The van der Waals surface area contributed by atoms with Gasteiger partial charge in [0.25, 0.3) is 0 Å². The third-order valence-corrected chi connectivity index (χ3v) is 13.5. The topological polar surface area (TPSA) is 116 Å². The molecule has 0 aromatic heterocycles. The molecule has 0 bridgehead atoms. The summed E-state index contributed by atoms with van der Waals surface area (Å²) in [4.78, 5) is 72.2. The van der Waals surface area contributed by atoms with Gasteiger partial charge in [0.1, 0.15) is 6.04 Å². The van der Waals surface area contributed by atoms with Crippen molar-refractivity contribution in [3.8, 4) is 0 Å². The molecule has 1 N–H and O–H groups in total. The number of Topliss-reactive ketones (excluding diaryl/α,β-unsaturated/α-hetero) is 2.